The number of aromatic hydroxyl groups is 2. The summed E-state index contributed by atoms with van der Waals surface area (Å²) < 4.78 is 12.9. The van der Waals surface area contributed by atoms with Crippen molar-refractivity contribution in [2.75, 3.05) is 0 Å². The predicted molar refractivity (Wildman–Crippen MR) is 75.9 cm³/mol. The lowest BCUT2D eigenvalue weighted by atomic mass is 9.85. The Balaban J connectivity index is 0.000000550. The minimum atomic E-state index is -0.615. The van der Waals surface area contributed by atoms with Crippen LogP contribution in [0.3, 0.4) is 0 Å². The van der Waals surface area contributed by atoms with Gasteiger partial charge in [-0.15, -0.1) is 6.58 Å². The number of benzene rings is 1. The summed E-state index contributed by atoms with van der Waals surface area (Å²) in [5, 5.41) is 19.4. The maximum absolute atomic E-state index is 12.9. The van der Waals surface area contributed by atoms with Gasteiger partial charge in [-0.1, -0.05) is 17.7 Å². The van der Waals surface area contributed by atoms with Crippen molar-refractivity contribution in [2.45, 2.75) is 39.0 Å². The van der Waals surface area contributed by atoms with Crippen LogP contribution >= 0.6 is 0 Å². The van der Waals surface area contributed by atoms with Crippen LogP contribution < -0.4 is 0 Å². The minimum Gasteiger partial charge on any atom is -0.507 e. The van der Waals surface area contributed by atoms with Gasteiger partial charge in [0.1, 0.15) is 17.3 Å². The predicted octanol–water partition coefficient (Wildman–Crippen LogP) is 4.64. The summed E-state index contributed by atoms with van der Waals surface area (Å²) >= 11 is 0. The van der Waals surface area contributed by atoms with Crippen molar-refractivity contribution in [1.29, 1.82) is 0 Å². The molecular formula is C16H21FO2. The molecule has 0 aromatic heterocycles. The van der Waals surface area contributed by atoms with E-state index in [2.05, 4.69) is 6.58 Å². The Hall–Kier alpha value is -1.77. The standard InChI is InChI=1S/C13H15FO2.C3H6/c1-8-3-2-4-9(5-8)13-11(15)6-10(14)7-12(13)16;1-3-2/h5-7,9,15-16H,2-4H2,1H3;3H,1H2,2H3. The summed E-state index contributed by atoms with van der Waals surface area (Å²) in [4.78, 5) is 0. The van der Waals surface area contributed by atoms with E-state index in [4.69, 9.17) is 0 Å². The van der Waals surface area contributed by atoms with E-state index in [0.717, 1.165) is 31.4 Å². The second kappa shape index (κ2) is 6.98. The van der Waals surface area contributed by atoms with Crippen LogP contribution in [0.2, 0.25) is 0 Å². The summed E-state index contributed by atoms with van der Waals surface area (Å²) in [5.41, 5.74) is 1.69. The summed E-state index contributed by atoms with van der Waals surface area (Å²) in [6.45, 7) is 7.28. The van der Waals surface area contributed by atoms with Crippen LogP contribution in [0.25, 0.3) is 0 Å². The van der Waals surface area contributed by atoms with E-state index in [1.54, 1.807) is 6.08 Å². The summed E-state index contributed by atoms with van der Waals surface area (Å²) in [7, 11) is 0. The average molecular weight is 264 g/mol. The van der Waals surface area contributed by atoms with Gasteiger partial charge in [0, 0.05) is 23.6 Å². The third-order valence-corrected chi connectivity index (χ3v) is 3.04. The zero-order chi connectivity index (χ0) is 14.4. The van der Waals surface area contributed by atoms with Gasteiger partial charge in [0.05, 0.1) is 0 Å². The van der Waals surface area contributed by atoms with Gasteiger partial charge in [0.15, 0.2) is 0 Å². The number of phenols is 2. The molecule has 0 heterocycles. The molecule has 2 rings (SSSR count). The Morgan fingerprint density at radius 2 is 1.84 bits per heavy atom. The van der Waals surface area contributed by atoms with E-state index in [1.165, 1.54) is 5.57 Å². The maximum Gasteiger partial charge on any atom is 0.130 e. The molecule has 1 atom stereocenters. The first-order valence-corrected chi connectivity index (χ1v) is 6.45. The molecule has 0 amide bonds. The Morgan fingerprint density at radius 3 is 2.32 bits per heavy atom. The lowest BCUT2D eigenvalue weighted by Crippen LogP contribution is -2.03. The highest BCUT2D eigenvalue weighted by molar-refractivity contribution is 5.48. The fourth-order valence-corrected chi connectivity index (χ4v) is 2.31. The number of hydrogen-bond donors (Lipinski definition) is 2. The Morgan fingerprint density at radius 1 is 1.32 bits per heavy atom. The van der Waals surface area contributed by atoms with Gasteiger partial charge in [-0.25, -0.2) is 4.39 Å². The second-order valence-electron chi connectivity index (χ2n) is 4.78. The van der Waals surface area contributed by atoms with Crippen LogP contribution in [0.15, 0.2) is 36.4 Å². The monoisotopic (exact) mass is 264 g/mol. The average Bonchev–Trinajstić information content (AvgIpc) is 2.28. The largest absolute Gasteiger partial charge is 0.507 e. The molecule has 1 aliphatic rings. The van der Waals surface area contributed by atoms with Gasteiger partial charge in [-0.05, 0) is 33.1 Å². The Labute approximate surface area is 113 Å². The summed E-state index contributed by atoms with van der Waals surface area (Å²) in [6.07, 6.45) is 6.75. The van der Waals surface area contributed by atoms with E-state index < -0.39 is 5.82 Å². The van der Waals surface area contributed by atoms with Crippen molar-refractivity contribution in [3.05, 3.63) is 47.8 Å². The Kier molecular flexibility index (Phi) is 5.61. The number of phenolic OH excluding ortho intramolecular Hbond substituents is 2. The lowest BCUT2D eigenvalue weighted by Gasteiger charge is -2.21. The molecule has 0 fully saturated rings. The van der Waals surface area contributed by atoms with E-state index in [-0.39, 0.29) is 17.4 Å². The fourth-order valence-electron chi connectivity index (χ4n) is 2.31. The van der Waals surface area contributed by atoms with Crippen molar-refractivity contribution in [3.63, 3.8) is 0 Å². The molecule has 1 unspecified atom stereocenters. The fraction of sp³-hybridized carbons (Fsp3) is 0.375. The molecule has 0 aliphatic heterocycles. The van der Waals surface area contributed by atoms with Crippen molar-refractivity contribution in [2.24, 2.45) is 0 Å². The highest BCUT2D eigenvalue weighted by Gasteiger charge is 2.21. The van der Waals surface area contributed by atoms with Crippen molar-refractivity contribution < 1.29 is 14.6 Å². The zero-order valence-corrected chi connectivity index (χ0v) is 11.5. The summed E-state index contributed by atoms with van der Waals surface area (Å²) in [6, 6.07) is 2.10. The molecule has 0 saturated heterocycles. The van der Waals surface area contributed by atoms with Crippen LogP contribution in [0.1, 0.15) is 44.6 Å². The van der Waals surface area contributed by atoms with Gasteiger partial charge in [-0.3, -0.25) is 0 Å². The van der Waals surface area contributed by atoms with Gasteiger partial charge in [0.2, 0.25) is 0 Å². The van der Waals surface area contributed by atoms with Crippen molar-refractivity contribution in [3.8, 4) is 11.5 Å². The van der Waals surface area contributed by atoms with E-state index in [0.29, 0.717) is 5.56 Å². The zero-order valence-electron chi connectivity index (χ0n) is 11.5. The molecule has 104 valence electrons. The third-order valence-electron chi connectivity index (χ3n) is 3.04. The number of halogens is 1. The van der Waals surface area contributed by atoms with Crippen LogP contribution in [0, 0.1) is 5.82 Å². The van der Waals surface area contributed by atoms with Crippen LogP contribution in [-0.4, -0.2) is 10.2 Å². The smallest absolute Gasteiger partial charge is 0.130 e. The molecule has 1 aromatic carbocycles. The normalized spacial score (nSPS) is 18.1. The quantitative estimate of drug-likeness (QED) is 0.725. The first kappa shape index (κ1) is 15.3. The van der Waals surface area contributed by atoms with E-state index >= 15 is 0 Å². The first-order valence-electron chi connectivity index (χ1n) is 6.45. The van der Waals surface area contributed by atoms with Crippen LogP contribution in [0.4, 0.5) is 4.39 Å². The molecule has 3 heteroatoms. The van der Waals surface area contributed by atoms with E-state index in [9.17, 15) is 14.6 Å². The molecule has 1 aromatic rings. The molecular weight excluding hydrogens is 243 g/mol. The highest BCUT2D eigenvalue weighted by atomic mass is 19.1. The first-order chi connectivity index (χ1) is 8.99. The molecule has 2 N–H and O–H groups in total. The third kappa shape index (κ3) is 4.12. The van der Waals surface area contributed by atoms with Gasteiger partial charge in [-0.2, -0.15) is 0 Å². The molecule has 2 nitrogen and oxygen atoms in total. The summed E-state index contributed by atoms with van der Waals surface area (Å²) in [5.74, 6) is -0.938. The highest BCUT2D eigenvalue weighted by Crippen LogP contribution is 2.40. The minimum absolute atomic E-state index is 0.00523. The molecule has 1 aliphatic carbocycles. The van der Waals surface area contributed by atoms with Gasteiger partial charge >= 0.3 is 0 Å². The van der Waals surface area contributed by atoms with Gasteiger partial charge < -0.3 is 10.2 Å². The second-order valence-corrected chi connectivity index (χ2v) is 4.78. The number of allylic oxidation sites excluding steroid dienone is 3. The molecule has 0 radical (unpaired) electrons. The topological polar surface area (TPSA) is 40.5 Å². The molecule has 0 saturated carbocycles. The maximum atomic E-state index is 12.9. The van der Waals surface area contributed by atoms with Crippen molar-refractivity contribution in [1.82, 2.24) is 0 Å². The lowest BCUT2D eigenvalue weighted by molar-refractivity contribution is 0.421. The van der Waals surface area contributed by atoms with Gasteiger partial charge in [0.25, 0.3) is 0 Å². The molecule has 0 spiro atoms. The van der Waals surface area contributed by atoms with E-state index in [1.807, 2.05) is 19.9 Å². The molecule has 19 heavy (non-hydrogen) atoms. The van der Waals surface area contributed by atoms with Crippen molar-refractivity contribution >= 4 is 0 Å². The Bertz CT molecular complexity index is 455. The number of hydrogen-bond acceptors (Lipinski definition) is 2. The SMILES string of the molecule is C=CC.CC1=CC(c2c(O)cc(F)cc2O)CCC1. The number of rotatable bonds is 1. The van der Waals surface area contributed by atoms with Crippen LogP contribution in [0.5, 0.6) is 11.5 Å². The van der Waals surface area contributed by atoms with Crippen LogP contribution in [-0.2, 0) is 0 Å². The molecule has 0 bridgehead atoms.